The number of aldehydes is 1. The maximum atomic E-state index is 11.1. The van der Waals surface area contributed by atoms with Gasteiger partial charge in [0.15, 0.2) is 0 Å². The van der Waals surface area contributed by atoms with Crippen molar-refractivity contribution in [1.29, 1.82) is 0 Å². The van der Waals surface area contributed by atoms with Crippen LogP contribution < -0.4 is 10.4 Å². The molecule has 0 saturated heterocycles. The molecule has 0 saturated carbocycles. The third kappa shape index (κ3) is 3.91. The van der Waals surface area contributed by atoms with Crippen molar-refractivity contribution in [3.8, 4) is 0 Å². The first kappa shape index (κ1) is 22.7. The number of benzene rings is 2. The Labute approximate surface area is 192 Å². The van der Waals surface area contributed by atoms with Gasteiger partial charge in [0.1, 0.15) is 6.29 Å². The summed E-state index contributed by atoms with van der Waals surface area (Å²) in [7, 11) is -2.65. The smallest absolute Gasteiger partial charge is 0.261 e. The molecule has 1 aromatic heterocycles. The highest BCUT2D eigenvalue weighted by atomic mass is 28.4. The molecule has 4 heteroatoms. The summed E-state index contributed by atoms with van der Waals surface area (Å²) < 4.78 is 13.1. The first-order valence-electron chi connectivity index (χ1n) is 11.6. The van der Waals surface area contributed by atoms with Crippen molar-refractivity contribution in [3.05, 3.63) is 84.3 Å². The molecule has 3 aromatic rings. The molecule has 1 aliphatic carbocycles. The highest BCUT2D eigenvalue weighted by Gasteiger charge is 2.52. The molecular formula is C28H34O3Si. The summed E-state index contributed by atoms with van der Waals surface area (Å²) in [6.45, 7) is 9.19. The van der Waals surface area contributed by atoms with Gasteiger partial charge in [-0.3, -0.25) is 0 Å². The molecule has 168 valence electrons. The summed E-state index contributed by atoms with van der Waals surface area (Å²) in [5.74, 6) is 0. The zero-order valence-electron chi connectivity index (χ0n) is 19.6. The number of furan rings is 1. The fourth-order valence-electron chi connectivity index (χ4n) is 5.45. The fraction of sp³-hybridized carbons (Fsp3) is 0.393. The lowest BCUT2D eigenvalue weighted by Gasteiger charge is -2.47. The summed E-state index contributed by atoms with van der Waals surface area (Å²) in [6, 6.07) is 21.6. The molecule has 0 radical (unpaired) electrons. The van der Waals surface area contributed by atoms with E-state index in [2.05, 4.69) is 88.4 Å². The predicted molar refractivity (Wildman–Crippen MR) is 132 cm³/mol. The Morgan fingerprint density at radius 1 is 1.03 bits per heavy atom. The van der Waals surface area contributed by atoms with Crippen LogP contribution in [-0.2, 0) is 14.6 Å². The van der Waals surface area contributed by atoms with Gasteiger partial charge in [-0.2, -0.15) is 0 Å². The summed E-state index contributed by atoms with van der Waals surface area (Å²) in [4.78, 5) is 11.1. The van der Waals surface area contributed by atoms with Crippen LogP contribution >= 0.6 is 0 Å². The summed E-state index contributed by atoms with van der Waals surface area (Å²) in [5, 5.41) is 2.51. The average molecular weight is 447 g/mol. The van der Waals surface area contributed by atoms with Gasteiger partial charge in [-0.05, 0) is 40.1 Å². The van der Waals surface area contributed by atoms with Gasteiger partial charge in [-0.1, -0.05) is 88.4 Å². The second-order valence-corrected chi connectivity index (χ2v) is 14.6. The zero-order chi connectivity index (χ0) is 22.8. The van der Waals surface area contributed by atoms with E-state index in [4.69, 9.17) is 8.84 Å². The maximum Gasteiger partial charge on any atom is 0.261 e. The first-order valence-corrected chi connectivity index (χ1v) is 13.5. The van der Waals surface area contributed by atoms with Gasteiger partial charge in [0.2, 0.25) is 0 Å². The van der Waals surface area contributed by atoms with E-state index in [1.807, 2.05) is 12.5 Å². The van der Waals surface area contributed by atoms with E-state index in [0.29, 0.717) is 6.42 Å². The van der Waals surface area contributed by atoms with Crippen LogP contribution in [0.5, 0.6) is 0 Å². The number of carbonyl (C=O) groups excluding carboxylic acids is 1. The van der Waals surface area contributed by atoms with Crippen molar-refractivity contribution in [2.24, 2.45) is 0 Å². The van der Waals surface area contributed by atoms with Crippen molar-refractivity contribution >= 4 is 25.0 Å². The van der Waals surface area contributed by atoms with Gasteiger partial charge in [0.05, 0.1) is 18.6 Å². The number of hydrogen-bond acceptors (Lipinski definition) is 3. The highest BCUT2D eigenvalue weighted by Crippen LogP contribution is 2.49. The number of carbonyl (C=O) groups is 1. The Morgan fingerprint density at radius 2 is 1.62 bits per heavy atom. The quantitative estimate of drug-likeness (QED) is 0.334. The van der Waals surface area contributed by atoms with Gasteiger partial charge in [0.25, 0.3) is 8.32 Å². The van der Waals surface area contributed by atoms with E-state index in [0.717, 1.165) is 31.1 Å². The lowest BCUT2D eigenvalue weighted by Crippen LogP contribution is -2.67. The van der Waals surface area contributed by atoms with E-state index >= 15 is 0 Å². The van der Waals surface area contributed by atoms with Crippen molar-refractivity contribution in [2.45, 2.75) is 69.9 Å². The van der Waals surface area contributed by atoms with E-state index in [1.165, 1.54) is 15.9 Å². The number of rotatable bonds is 7. The molecule has 4 rings (SSSR count). The Balaban J connectivity index is 1.82. The minimum absolute atomic E-state index is 0.0284. The number of hydrogen-bond donors (Lipinski definition) is 0. The van der Waals surface area contributed by atoms with Gasteiger partial charge < -0.3 is 13.6 Å². The van der Waals surface area contributed by atoms with Crippen LogP contribution in [0.2, 0.25) is 5.04 Å². The molecule has 0 amide bonds. The summed E-state index contributed by atoms with van der Waals surface area (Å²) >= 11 is 0. The van der Waals surface area contributed by atoms with Gasteiger partial charge in [-0.25, -0.2) is 0 Å². The third-order valence-corrected chi connectivity index (χ3v) is 12.2. The standard InChI is InChI=1S/C28H34O3Si/c1-27(2,3)32(22-12-7-5-8-13-22,23-14-9-6-10-15-23)31-26-16-18-28(4,17-11-19-29)25-21-30-20-24(25)26/h5-10,12-15,19-21,26H,11,16-18H2,1-4H3/t26-,28+/m0/s1. The molecule has 0 fully saturated rings. The fourth-order valence-corrected chi connectivity index (χ4v) is 10.1. The normalized spacial score (nSPS) is 21.2. The minimum Gasteiger partial charge on any atom is -0.472 e. The average Bonchev–Trinajstić information content (AvgIpc) is 3.30. The molecule has 32 heavy (non-hydrogen) atoms. The summed E-state index contributed by atoms with van der Waals surface area (Å²) in [5.41, 5.74) is 2.31. The second-order valence-electron chi connectivity index (χ2n) is 10.3. The molecule has 0 spiro atoms. The molecule has 0 N–H and O–H groups in total. The van der Waals surface area contributed by atoms with E-state index in [1.54, 1.807) is 0 Å². The molecule has 2 atom stereocenters. The van der Waals surface area contributed by atoms with Crippen molar-refractivity contribution in [2.75, 3.05) is 0 Å². The molecular weight excluding hydrogens is 412 g/mol. The van der Waals surface area contributed by atoms with Crippen LogP contribution in [0.25, 0.3) is 0 Å². The molecule has 0 unspecified atom stereocenters. The van der Waals surface area contributed by atoms with Crippen molar-refractivity contribution in [1.82, 2.24) is 0 Å². The SMILES string of the molecule is CC(C)(C)[Si](O[C@H]1CC[C@@](C)(CCC=O)c2cocc21)(c1ccccc1)c1ccccc1. The highest BCUT2D eigenvalue weighted by molar-refractivity contribution is 6.99. The van der Waals surface area contributed by atoms with Crippen LogP contribution in [0.15, 0.2) is 77.6 Å². The van der Waals surface area contributed by atoms with E-state index in [9.17, 15) is 4.79 Å². The van der Waals surface area contributed by atoms with Crippen LogP contribution in [0.4, 0.5) is 0 Å². The predicted octanol–water partition coefficient (Wildman–Crippen LogP) is 5.93. The Hall–Kier alpha value is -2.43. The van der Waals surface area contributed by atoms with Crippen LogP contribution in [-0.4, -0.2) is 14.6 Å². The van der Waals surface area contributed by atoms with Crippen LogP contribution in [0.1, 0.15) is 70.6 Å². The van der Waals surface area contributed by atoms with E-state index in [-0.39, 0.29) is 16.6 Å². The van der Waals surface area contributed by atoms with E-state index < -0.39 is 8.32 Å². The second kappa shape index (κ2) is 8.84. The lowest BCUT2D eigenvalue weighted by molar-refractivity contribution is -0.108. The molecule has 0 bridgehead atoms. The van der Waals surface area contributed by atoms with Crippen molar-refractivity contribution in [3.63, 3.8) is 0 Å². The Kier molecular flexibility index (Phi) is 6.28. The largest absolute Gasteiger partial charge is 0.472 e. The van der Waals surface area contributed by atoms with Gasteiger partial charge >= 0.3 is 0 Å². The first-order chi connectivity index (χ1) is 15.3. The molecule has 0 aliphatic heterocycles. The lowest BCUT2D eigenvalue weighted by atomic mass is 9.69. The van der Waals surface area contributed by atoms with Gasteiger partial charge in [-0.15, -0.1) is 0 Å². The third-order valence-electron chi connectivity index (χ3n) is 7.20. The molecule has 1 aliphatic rings. The zero-order valence-corrected chi connectivity index (χ0v) is 20.6. The topological polar surface area (TPSA) is 39.4 Å². The number of fused-ring (bicyclic) bond motifs is 1. The Morgan fingerprint density at radius 3 is 2.16 bits per heavy atom. The molecule has 3 nitrogen and oxygen atoms in total. The molecule has 1 heterocycles. The Bertz CT molecular complexity index is 996. The van der Waals surface area contributed by atoms with Crippen molar-refractivity contribution < 1.29 is 13.6 Å². The summed E-state index contributed by atoms with van der Waals surface area (Å²) in [6.07, 6.45) is 8.06. The molecule has 2 aromatic carbocycles. The van der Waals surface area contributed by atoms with Crippen LogP contribution in [0, 0.1) is 0 Å². The van der Waals surface area contributed by atoms with Gasteiger partial charge in [0, 0.05) is 17.5 Å². The maximum absolute atomic E-state index is 11.1. The minimum atomic E-state index is -2.65. The monoisotopic (exact) mass is 446 g/mol. The van der Waals surface area contributed by atoms with Crippen LogP contribution in [0.3, 0.4) is 0 Å².